The summed E-state index contributed by atoms with van der Waals surface area (Å²) < 4.78 is 33.8. The number of morpholine rings is 1. The summed E-state index contributed by atoms with van der Waals surface area (Å²) in [5.74, 6) is 0. The Labute approximate surface area is 109 Å². The van der Waals surface area contributed by atoms with Crippen LogP contribution in [0.5, 0.6) is 0 Å². The van der Waals surface area contributed by atoms with E-state index in [-0.39, 0.29) is 12.1 Å². The van der Waals surface area contributed by atoms with Crippen molar-refractivity contribution < 1.29 is 13.2 Å². The first-order valence-electron chi connectivity index (χ1n) is 6.59. The lowest BCUT2D eigenvalue weighted by Crippen LogP contribution is -2.53. The maximum absolute atomic E-state index is 12.6. The Bertz CT molecular complexity index is 374. The van der Waals surface area contributed by atoms with Crippen molar-refractivity contribution in [1.29, 1.82) is 0 Å². The van der Waals surface area contributed by atoms with Gasteiger partial charge in [0.1, 0.15) is 0 Å². The van der Waals surface area contributed by atoms with Gasteiger partial charge in [0.05, 0.1) is 12.7 Å². The molecule has 1 N–H and O–H groups in total. The third-order valence-corrected chi connectivity index (χ3v) is 5.65. The van der Waals surface area contributed by atoms with Gasteiger partial charge in [0.2, 0.25) is 0 Å². The molecule has 0 saturated carbocycles. The molecular formula is C11H23N3O3S. The van der Waals surface area contributed by atoms with Gasteiger partial charge in [0.15, 0.2) is 0 Å². The zero-order valence-electron chi connectivity index (χ0n) is 11.1. The molecule has 0 aromatic carbocycles. The highest BCUT2D eigenvalue weighted by molar-refractivity contribution is 7.86. The van der Waals surface area contributed by atoms with Crippen LogP contribution in [0.4, 0.5) is 0 Å². The maximum atomic E-state index is 12.6. The summed E-state index contributed by atoms with van der Waals surface area (Å²) in [6.45, 7) is 4.70. The first-order chi connectivity index (χ1) is 8.55. The third-order valence-electron chi connectivity index (χ3n) is 3.59. The number of nitrogens with zero attached hydrogens (tertiary/aromatic N) is 2. The molecule has 2 heterocycles. The highest BCUT2D eigenvalue weighted by Gasteiger charge is 2.39. The Balaban J connectivity index is 2.09. The van der Waals surface area contributed by atoms with Gasteiger partial charge in [0, 0.05) is 32.2 Å². The molecule has 0 amide bonds. The van der Waals surface area contributed by atoms with E-state index in [9.17, 15) is 8.42 Å². The number of hydrogen-bond donors (Lipinski definition) is 1. The van der Waals surface area contributed by atoms with Crippen molar-refractivity contribution in [3.05, 3.63) is 0 Å². The quantitative estimate of drug-likeness (QED) is 0.762. The first-order valence-corrected chi connectivity index (χ1v) is 7.98. The van der Waals surface area contributed by atoms with Crippen LogP contribution in [-0.4, -0.2) is 69.0 Å². The van der Waals surface area contributed by atoms with Crippen molar-refractivity contribution in [2.24, 2.45) is 0 Å². The second kappa shape index (κ2) is 5.83. The van der Waals surface area contributed by atoms with Crippen LogP contribution >= 0.6 is 0 Å². The van der Waals surface area contributed by atoms with E-state index in [1.54, 1.807) is 8.61 Å². The Morgan fingerprint density at radius 1 is 1.39 bits per heavy atom. The van der Waals surface area contributed by atoms with Crippen molar-refractivity contribution in [3.63, 3.8) is 0 Å². The van der Waals surface area contributed by atoms with Crippen LogP contribution in [0.15, 0.2) is 0 Å². The minimum absolute atomic E-state index is 0.0149. The molecule has 106 valence electrons. The van der Waals surface area contributed by atoms with Gasteiger partial charge < -0.3 is 10.1 Å². The Morgan fingerprint density at radius 2 is 2.17 bits per heavy atom. The predicted octanol–water partition coefficient (Wildman–Crippen LogP) is -0.364. The predicted molar refractivity (Wildman–Crippen MR) is 69.6 cm³/mol. The first kappa shape index (κ1) is 14.2. The molecule has 2 unspecified atom stereocenters. The average Bonchev–Trinajstić information content (AvgIpc) is 2.78. The number of likely N-dealkylation sites (N-methyl/N-ethyl adjacent to an activating group) is 1. The Morgan fingerprint density at radius 3 is 2.83 bits per heavy atom. The van der Waals surface area contributed by atoms with E-state index < -0.39 is 10.2 Å². The normalized spacial score (nSPS) is 31.9. The van der Waals surface area contributed by atoms with Crippen molar-refractivity contribution in [2.45, 2.75) is 31.9 Å². The molecule has 7 heteroatoms. The van der Waals surface area contributed by atoms with Crippen molar-refractivity contribution >= 4 is 10.2 Å². The molecule has 18 heavy (non-hydrogen) atoms. The van der Waals surface area contributed by atoms with Gasteiger partial charge in [-0.3, -0.25) is 0 Å². The molecule has 2 saturated heterocycles. The molecule has 2 aliphatic rings. The molecule has 0 spiro atoms. The Hall–Kier alpha value is -0.210. The topological polar surface area (TPSA) is 61.9 Å². The van der Waals surface area contributed by atoms with Crippen LogP contribution in [0, 0.1) is 0 Å². The minimum atomic E-state index is -3.32. The summed E-state index contributed by atoms with van der Waals surface area (Å²) in [5.41, 5.74) is 0. The monoisotopic (exact) mass is 277 g/mol. The molecule has 0 aromatic rings. The van der Waals surface area contributed by atoms with Gasteiger partial charge in [-0.1, -0.05) is 0 Å². The van der Waals surface area contributed by atoms with Gasteiger partial charge in [-0.05, 0) is 26.8 Å². The summed E-state index contributed by atoms with van der Waals surface area (Å²) in [4.78, 5) is 0. The van der Waals surface area contributed by atoms with Crippen molar-refractivity contribution in [1.82, 2.24) is 13.9 Å². The number of hydrogen-bond acceptors (Lipinski definition) is 4. The molecule has 2 atom stereocenters. The standard InChI is InChI=1S/C11H23N3O3S/c1-10-9-13(6-7-17-10)18(15,16)14-5-3-4-11(14)8-12-2/h10-12H,3-9H2,1-2H3. The number of nitrogens with one attached hydrogen (secondary N) is 1. The van der Waals surface area contributed by atoms with Gasteiger partial charge in [-0.15, -0.1) is 0 Å². The Kier molecular flexibility index (Phi) is 4.60. The fraction of sp³-hybridized carbons (Fsp3) is 1.00. The molecule has 2 fully saturated rings. The summed E-state index contributed by atoms with van der Waals surface area (Å²) in [6.07, 6.45) is 1.88. The van der Waals surface area contributed by atoms with E-state index in [1.807, 2.05) is 14.0 Å². The maximum Gasteiger partial charge on any atom is 0.282 e. The number of rotatable bonds is 4. The fourth-order valence-electron chi connectivity index (χ4n) is 2.70. The molecule has 0 aliphatic carbocycles. The fourth-order valence-corrected chi connectivity index (χ4v) is 4.61. The van der Waals surface area contributed by atoms with E-state index in [1.165, 1.54) is 0 Å². The summed E-state index contributed by atoms with van der Waals surface area (Å²) >= 11 is 0. The van der Waals surface area contributed by atoms with E-state index in [2.05, 4.69) is 5.32 Å². The van der Waals surface area contributed by atoms with Crippen LogP contribution < -0.4 is 5.32 Å². The zero-order valence-corrected chi connectivity index (χ0v) is 11.9. The van der Waals surface area contributed by atoms with Crippen LogP contribution in [0.1, 0.15) is 19.8 Å². The number of ether oxygens (including phenoxy) is 1. The van der Waals surface area contributed by atoms with Gasteiger partial charge in [-0.2, -0.15) is 17.0 Å². The van der Waals surface area contributed by atoms with Crippen molar-refractivity contribution in [2.75, 3.05) is 39.8 Å². The lowest BCUT2D eigenvalue weighted by atomic mass is 10.2. The van der Waals surface area contributed by atoms with Crippen LogP contribution in [0.3, 0.4) is 0 Å². The smallest absolute Gasteiger partial charge is 0.282 e. The molecule has 0 radical (unpaired) electrons. The summed E-state index contributed by atoms with van der Waals surface area (Å²) in [6, 6.07) is 0.0955. The van der Waals surface area contributed by atoms with Crippen LogP contribution in [0.2, 0.25) is 0 Å². The highest BCUT2D eigenvalue weighted by atomic mass is 32.2. The zero-order chi connectivity index (χ0) is 13.2. The minimum Gasteiger partial charge on any atom is -0.376 e. The van der Waals surface area contributed by atoms with E-state index >= 15 is 0 Å². The lowest BCUT2D eigenvalue weighted by molar-refractivity contribution is 0.00813. The molecule has 6 nitrogen and oxygen atoms in total. The highest BCUT2D eigenvalue weighted by Crippen LogP contribution is 2.24. The molecular weight excluding hydrogens is 254 g/mol. The third kappa shape index (κ3) is 2.85. The average molecular weight is 277 g/mol. The van der Waals surface area contributed by atoms with Crippen LogP contribution in [-0.2, 0) is 14.9 Å². The largest absolute Gasteiger partial charge is 0.376 e. The van der Waals surface area contributed by atoms with Crippen molar-refractivity contribution in [3.8, 4) is 0 Å². The summed E-state index contributed by atoms with van der Waals surface area (Å²) in [7, 11) is -1.46. The molecule has 2 aliphatic heterocycles. The molecule has 0 bridgehead atoms. The van der Waals surface area contributed by atoms with Gasteiger partial charge in [-0.25, -0.2) is 0 Å². The SMILES string of the molecule is CNCC1CCCN1S(=O)(=O)N1CCOC(C)C1. The van der Waals surface area contributed by atoms with E-state index in [0.29, 0.717) is 26.2 Å². The summed E-state index contributed by atoms with van der Waals surface area (Å²) in [5, 5.41) is 3.07. The van der Waals surface area contributed by atoms with E-state index in [0.717, 1.165) is 19.4 Å². The molecule has 0 aromatic heterocycles. The second-order valence-corrected chi connectivity index (χ2v) is 6.89. The molecule has 2 rings (SSSR count). The van der Waals surface area contributed by atoms with E-state index in [4.69, 9.17) is 4.74 Å². The van der Waals surface area contributed by atoms with Crippen LogP contribution in [0.25, 0.3) is 0 Å². The van der Waals surface area contributed by atoms with Gasteiger partial charge in [0.25, 0.3) is 10.2 Å². The lowest BCUT2D eigenvalue weighted by Gasteiger charge is -2.35. The van der Waals surface area contributed by atoms with Gasteiger partial charge >= 0.3 is 0 Å². The second-order valence-electron chi connectivity index (χ2n) is 5.01.